The van der Waals surface area contributed by atoms with Crippen molar-refractivity contribution < 1.29 is 10.3 Å². The van der Waals surface area contributed by atoms with E-state index in [9.17, 15) is 0 Å². The van der Waals surface area contributed by atoms with Crippen LogP contribution < -0.4 is 0 Å². The Bertz CT molecular complexity index is 898. The Labute approximate surface area is 179 Å². The van der Waals surface area contributed by atoms with E-state index in [4.69, 9.17) is 26.9 Å². The summed E-state index contributed by atoms with van der Waals surface area (Å²) in [6.07, 6.45) is 7.95. The molecule has 2 aromatic carbocycles. The van der Waals surface area contributed by atoms with Gasteiger partial charge in [0.05, 0.1) is 6.33 Å². The minimum absolute atomic E-state index is 0.491. The number of aromatic nitrogens is 2. The summed E-state index contributed by atoms with van der Waals surface area (Å²) in [5, 5.41) is 14.9. The zero-order chi connectivity index (χ0) is 21.2. The van der Waals surface area contributed by atoms with Gasteiger partial charge in [0.25, 0.3) is 5.09 Å². The molecule has 154 valence electrons. The standard InChI is InChI=1S/C21H23ClN2S.HNO3/c1-16-3-4-17(2)21(13-16)25-20(14-24-12-11-23-15-24)10-7-18-5-8-19(22)9-6-18;2-1(3)4/h3-6,8-9,11-13,15,20H,7,10,14H2,1-2H3;(H,2,3,4). The summed E-state index contributed by atoms with van der Waals surface area (Å²) in [6, 6.07) is 14.9. The fourth-order valence-corrected chi connectivity index (χ4v) is 4.29. The van der Waals surface area contributed by atoms with Crippen molar-refractivity contribution in [2.45, 2.75) is 43.4 Å². The van der Waals surface area contributed by atoms with E-state index >= 15 is 0 Å². The Balaban J connectivity index is 0.000000687. The Morgan fingerprint density at radius 2 is 1.93 bits per heavy atom. The van der Waals surface area contributed by atoms with Crippen molar-refractivity contribution in [3.8, 4) is 0 Å². The maximum Gasteiger partial charge on any atom is 0.291 e. The van der Waals surface area contributed by atoms with E-state index in [1.807, 2.05) is 42.6 Å². The number of imidazole rings is 1. The van der Waals surface area contributed by atoms with Crippen LogP contribution in [0.5, 0.6) is 0 Å². The first kappa shape index (κ1) is 22.8. The number of aryl methyl sites for hydroxylation is 3. The summed E-state index contributed by atoms with van der Waals surface area (Å²) in [5.41, 5.74) is 3.99. The minimum atomic E-state index is -1.50. The Morgan fingerprint density at radius 1 is 1.24 bits per heavy atom. The Hall–Kier alpha value is -2.51. The maximum absolute atomic E-state index is 8.36. The lowest BCUT2D eigenvalue weighted by Crippen LogP contribution is -2.13. The first-order valence-corrected chi connectivity index (χ1v) is 10.4. The second-order valence-corrected chi connectivity index (χ2v) is 8.45. The summed E-state index contributed by atoms with van der Waals surface area (Å²) in [4.78, 5) is 13.9. The number of rotatable bonds is 7. The molecule has 29 heavy (non-hydrogen) atoms. The van der Waals surface area contributed by atoms with Crippen LogP contribution in [0.25, 0.3) is 0 Å². The highest BCUT2D eigenvalue weighted by molar-refractivity contribution is 8.00. The Kier molecular flexibility index (Phi) is 9.02. The molecule has 0 aliphatic carbocycles. The lowest BCUT2D eigenvalue weighted by Gasteiger charge is -2.19. The summed E-state index contributed by atoms with van der Waals surface area (Å²) in [5.74, 6) is 0. The van der Waals surface area contributed by atoms with Crippen LogP contribution in [0.1, 0.15) is 23.1 Å². The monoisotopic (exact) mass is 433 g/mol. The van der Waals surface area contributed by atoms with E-state index in [-0.39, 0.29) is 0 Å². The van der Waals surface area contributed by atoms with Crippen LogP contribution >= 0.6 is 23.4 Å². The minimum Gasteiger partial charge on any atom is -0.336 e. The molecule has 1 unspecified atom stereocenters. The normalized spacial score (nSPS) is 11.4. The van der Waals surface area contributed by atoms with Gasteiger partial charge in [-0.3, -0.25) is 0 Å². The molecule has 0 amide bonds. The molecule has 0 saturated heterocycles. The molecule has 3 aromatic rings. The third kappa shape index (κ3) is 8.58. The molecule has 1 heterocycles. The zero-order valence-corrected chi connectivity index (χ0v) is 17.9. The Morgan fingerprint density at radius 3 is 2.55 bits per heavy atom. The number of nitrogens with zero attached hydrogens (tertiary/aromatic N) is 3. The molecule has 8 heteroatoms. The van der Waals surface area contributed by atoms with E-state index < -0.39 is 5.09 Å². The highest BCUT2D eigenvalue weighted by atomic mass is 35.5. The first-order valence-electron chi connectivity index (χ1n) is 9.11. The number of halogens is 1. The zero-order valence-electron chi connectivity index (χ0n) is 16.4. The number of hydrogen-bond acceptors (Lipinski definition) is 4. The van der Waals surface area contributed by atoms with Crippen molar-refractivity contribution in [2.24, 2.45) is 0 Å². The van der Waals surface area contributed by atoms with Crippen LogP contribution in [0.2, 0.25) is 5.02 Å². The second kappa shape index (κ2) is 11.5. The van der Waals surface area contributed by atoms with E-state index in [0.29, 0.717) is 5.25 Å². The second-order valence-electron chi connectivity index (χ2n) is 6.67. The molecule has 3 rings (SSSR count). The molecular formula is C21H24ClN3O3S. The third-order valence-electron chi connectivity index (χ3n) is 4.28. The van der Waals surface area contributed by atoms with Gasteiger partial charge in [0.1, 0.15) is 0 Å². The van der Waals surface area contributed by atoms with Gasteiger partial charge in [0, 0.05) is 34.1 Å². The van der Waals surface area contributed by atoms with Crippen LogP contribution in [0.15, 0.2) is 66.1 Å². The van der Waals surface area contributed by atoms with Crippen LogP contribution in [-0.4, -0.2) is 25.1 Å². The first-order chi connectivity index (χ1) is 13.8. The van der Waals surface area contributed by atoms with Gasteiger partial charge >= 0.3 is 0 Å². The topological polar surface area (TPSA) is 81.2 Å². The molecule has 0 fully saturated rings. The van der Waals surface area contributed by atoms with Crippen molar-refractivity contribution in [1.29, 1.82) is 0 Å². The van der Waals surface area contributed by atoms with Gasteiger partial charge < -0.3 is 9.77 Å². The molecule has 0 saturated carbocycles. The maximum atomic E-state index is 8.36. The molecular weight excluding hydrogens is 410 g/mol. The average molecular weight is 434 g/mol. The molecule has 1 N–H and O–H groups in total. The van der Waals surface area contributed by atoms with Crippen molar-refractivity contribution in [3.05, 3.63) is 93.0 Å². The van der Waals surface area contributed by atoms with Gasteiger partial charge in [0.2, 0.25) is 0 Å². The largest absolute Gasteiger partial charge is 0.336 e. The van der Waals surface area contributed by atoms with Gasteiger partial charge in [-0.1, -0.05) is 41.4 Å². The van der Waals surface area contributed by atoms with Crippen LogP contribution in [0.3, 0.4) is 0 Å². The third-order valence-corrected chi connectivity index (χ3v) is 5.94. The fourth-order valence-electron chi connectivity index (χ4n) is 2.81. The van der Waals surface area contributed by atoms with Crippen LogP contribution in [-0.2, 0) is 13.0 Å². The van der Waals surface area contributed by atoms with Gasteiger partial charge in [-0.25, -0.2) is 4.98 Å². The van der Waals surface area contributed by atoms with E-state index in [1.54, 1.807) is 0 Å². The van der Waals surface area contributed by atoms with Crippen LogP contribution in [0.4, 0.5) is 0 Å². The fraction of sp³-hybridized carbons (Fsp3) is 0.286. The van der Waals surface area contributed by atoms with E-state index in [0.717, 1.165) is 24.4 Å². The van der Waals surface area contributed by atoms with Crippen molar-refractivity contribution in [1.82, 2.24) is 9.55 Å². The molecule has 0 aliphatic heterocycles. The quantitative estimate of drug-likeness (QED) is 0.298. The highest BCUT2D eigenvalue weighted by Crippen LogP contribution is 2.31. The SMILES string of the molecule is Cc1ccc(C)c(SC(CCc2ccc(Cl)cc2)Cn2ccnc2)c1.O=[N+]([O-])O. The van der Waals surface area contributed by atoms with Gasteiger partial charge in [-0.15, -0.1) is 21.9 Å². The average Bonchev–Trinajstić information content (AvgIpc) is 3.16. The number of thioether (sulfide) groups is 1. The lowest BCUT2D eigenvalue weighted by atomic mass is 10.1. The number of hydrogen-bond donors (Lipinski definition) is 1. The van der Waals surface area contributed by atoms with Gasteiger partial charge in [-0.05, 0) is 56.0 Å². The van der Waals surface area contributed by atoms with Gasteiger partial charge in [-0.2, -0.15) is 0 Å². The summed E-state index contributed by atoms with van der Waals surface area (Å²) in [7, 11) is 0. The molecule has 6 nitrogen and oxygen atoms in total. The van der Waals surface area contributed by atoms with Crippen molar-refractivity contribution in [2.75, 3.05) is 0 Å². The molecule has 1 aromatic heterocycles. The summed E-state index contributed by atoms with van der Waals surface area (Å²) in [6.45, 7) is 5.31. The molecule has 0 aliphatic rings. The summed E-state index contributed by atoms with van der Waals surface area (Å²) < 4.78 is 2.17. The smallest absolute Gasteiger partial charge is 0.291 e. The van der Waals surface area contributed by atoms with Crippen molar-refractivity contribution in [3.63, 3.8) is 0 Å². The highest BCUT2D eigenvalue weighted by Gasteiger charge is 2.13. The van der Waals surface area contributed by atoms with Crippen LogP contribution in [0, 0.1) is 24.0 Å². The number of benzene rings is 2. The summed E-state index contributed by atoms with van der Waals surface area (Å²) >= 11 is 7.97. The predicted octanol–water partition coefficient (Wildman–Crippen LogP) is 5.60. The molecule has 1 atom stereocenters. The molecule has 0 bridgehead atoms. The predicted molar refractivity (Wildman–Crippen MR) is 116 cm³/mol. The molecule has 0 radical (unpaired) electrons. The van der Waals surface area contributed by atoms with E-state index in [1.165, 1.54) is 21.6 Å². The van der Waals surface area contributed by atoms with E-state index in [2.05, 4.69) is 53.7 Å². The lowest BCUT2D eigenvalue weighted by molar-refractivity contribution is -0.742. The molecule has 0 spiro atoms. The van der Waals surface area contributed by atoms with Crippen molar-refractivity contribution >= 4 is 23.4 Å². The van der Waals surface area contributed by atoms with Gasteiger partial charge in [0.15, 0.2) is 0 Å².